The molecule has 1 amide bonds. The summed E-state index contributed by atoms with van der Waals surface area (Å²) in [7, 11) is 0. The van der Waals surface area contributed by atoms with Crippen molar-refractivity contribution in [3.63, 3.8) is 0 Å². The maximum Gasteiger partial charge on any atom is 0.255 e. The van der Waals surface area contributed by atoms with Gasteiger partial charge < -0.3 is 15.4 Å². The van der Waals surface area contributed by atoms with E-state index in [2.05, 4.69) is 0 Å². The third-order valence-electron chi connectivity index (χ3n) is 3.41. The monoisotopic (exact) mass is 316 g/mol. The number of nitrogens with zero attached hydrogens (tertiary/aromatic N) is 1. The van der Waals surface area contributed by atoms with Gasteiger partial charge in [-0.2, -0.15) is 0 Å². The molecule has 2 rings (SSSR count). The lowest BCUT2D eigenvalue weighted by Crippen LogP contribution is -2.41. The first kappa shape index (κ1) is 15.4. The van der Waals surface area contributed by atoms with E-state index in [-0.39, 0.29) is 17.0 Å². The van der Waals surface area contributed by atoms with Crippen molar-refractivity contribution in [2.45, 2.75) is 25.9 Å². The van der Waals surface area contributed by atoms with Gasteiger partial charge in [-0.25, -0.2) is 0 Å². The Kier molecular flexibility index (Phi) is 5.13. The Morgan fingerprint density at radius 2 is 2.05 bits per heavy atom. The van der Waals surface area contributed by atoms with E-state index in [1.807, 2.05) is 6.92 Å². The molecule has 0 spiro atoms. The lowest BCUT2D eigenvalue weighted by atomic mass is 10.1. The van der Waals surface area contributed by atoms with Gasteiger partial charge in [0.25, 0.3) is 5.91 Å². The predicted octanol–water partition coefficient (Wildman–Crippen LogP) is 3.22. The molecule has 2 N–H and O–H groups in total. The smallest absolute Gasteiger partial charge is 0.255 e. The van der Waals surface area contributed by atoms with Crippen molar-refractivity contribution in [3.05, 3.63) is 27.7 Å². The standard InChI is InChI=1S/C14H18Cl2N2O2/c1-2-20-10-3-5-18(6-4-10)14(19)11-7-9(17)8-12(15)13(11)16/h7-8,10H,2-6,17H2,1H3. The lowest BCUT2D eigenvalue weighted by molar-refractivity contribution is 0.0146. The molecule has 0 aliphatic carbocycles. The number of nitrogen functional groups attached to an aromatic ring is 1. The first-order chi connectivity index (χ1) is 9.52. The summed E-state index contributed by atoms with van der Waals surface area (Å²) in [5.74, 6) is -0.126. The van der Waals surface area contributed by atoms with Crippen LogP contribution in [0.3, 0.4) is 0 Å². The Morgan fingerprint density at radius 3 is 2.65 bits per heavy atom. The molecule has 1 aromatic carbocycles. The van der Waals surface area contributed by atoms with Gasteiger partial charge >= 0.3 is 0 Å². The highest BCUT2D eigenvalue weighted by Gasteiger charge is 2.25. The lowest BCUT2D eigenvalue weighted by Gasteiger charge is -2.32. The molecule has 1 fully saturated rings. The Labute approximate surface area is 128 Å². The van der Waals surface area contributed by atoms with Crippen LogP contribution in [-0.2, 0) is 4.74 Å². The van der Waals surface area contributed by atoms with Crippen molar-refractivity contribution in [1.82, 2.24) is 4.90 Å². The van der Waals surface area contributed by atoms with Crippen LogP contribution in [0.2, 0.25) is 10.0 Å². The molecule has 4 nitrogen and oxygen atoms in total. The van der Waals surface area contributed by atoms with E-state index in [9.17, 15) is 4.79 Å². The first-order valence-electron chi connectivity index (χ1n) is 6.68. The van der Waals surface area contributed by atoms with Crippen molar-refractivity contribution in [2.75, 3.05) is 25.4 Å². The van der Waals surface area contributed by atoms with Gasteiger partial charge in [-0.1, -0.05) is 23.2 Å². The van der Waals surface area contributed by atoms with Crippen molar-refractivity contribution in [1.29, 1.82) is 0 Å². The van der Waals surface area contributed by atoms with Gasteiger partial charge in [-0.3, -0.25) is 4.79 Å². The van der Waals surface area contributed by atoms with Gasteiger partial charge in [0.05, 0.1) is 21.7 Å². The van der Waals surface area contributed by atoms with Crippen LogP contribution in [0.4, 0.5) is 5.69 Å². The van der Waals surface area contributed by atoms with Crippen LogP contribution >= 0.6 is 23.2 Å². The normalized spacial score (nSPS) is 16.4. The van der Waals surface area contributed by atoms with E-state index in [0.717, 1.165) is 12.8 Å². The number of ether oxygens (including phenoxy) is 1. The van der Waals surface area contributed by atoms with E-state index in [4.69, 9.17) is 33.7 Å². The molecule has 110 valence electrons. The number of likely N-dealkylation sites (tertiary alicyclic amines) is 1. The van der Waals surface area contributed by atoms with Crippen molar-refractivity contribution >= 4 is 34.8 Å². The van der Waals surface area contributed by atoms with E-state index in [1.165, 1.54) is 0 Å². The number of halogens is 2. The molecular formula is C14H18Cl2N2O2. The summed E-state index contributed by atoms with van der Waals surface area (Å²) in [6.07, 6.45) is 1.92. The van der Waals surface area contributed by atoms with Gasteiger partial charge in [-0.05, 0) is 31.9 Å². The second kappa shape index (κ2) is 6.66. The molecule has 20 heavy (non-hydrogen) atoms. The Bertz CT molecular complexity index is 500. The van der Waals surface area contributed by atoms with Crippen LogP contribution < -0.4 is 5.73 Å². The van der Waals surface area contributed by atoms with Gasteiger partial charge in [0.15, 0.2) is 0 Å². The minimum Gasteiger partial charge on any atom is -0.399 e. The number of hydrogen-bond acceptors (Lipinski definition) is 3. The van der Waals surface area contributed by atoms with Crippen LogP contribution in [-0.4, -0.2) is 36.6 Å². The summed E-state index contributed by atoms with van der Waals surface area (Å²) in [6.45, 7) is 4.00. The quantitative estimate of drug-likeness (QED) is 0.871. The molecule has 1 aromatic rings. The number of carbonyl (C=O) groups excluding carboxylic acids is 1. The number of hydrogen-bond donors (Lipinski definition) is 1. The summed E-state index contributed by atoms with van der Waals surface area (Å²) in [6, 6.07) is 3.12. The maximum absolute atomic E-state index is 12.5. The van der Waals surface area contributed by atoms with E-state index in [1.54, 1.807) is 17.0 Å². The summed E-state index contributed by atoms with van der Waals surface area (Å²) >= 11 is 12.1. The van der Waals surface area contributed by atoms with Crippen molar-refractivity contribution in [2.24, 2.45) is 0 Å². The van der Waals surface area contributed by atoms with Gasteiger partial charge in [0.2, 0.25) is 0 Å². The molecular weight excluding hydrogens is 299 g/mol. The predicted molar refractivity (Wildman–Crippen MR) is 81.4 cm³/mol. The second-order valence-electron chi connectivity index (χ2n) is 4.81. The topological polar surface area (TPSA) is 55.6 Å². The zero-order valence-corrected chi connectivity index (χ0v) is 12.9. The Balaban J connectivity index is 2.09. The van der Waals surface area contributed by atoms with Crippen molar-refractivity contribution in [3.8, 4) is 0 Å². The molecule has 1 saturated heterocycles. The van der Waals surface area contributed by atoms with E-state index in [0.29, 0.717) is 36.0 Å². The van der Waals surface area contributed by atoms with Crippen LogP contribution in [0, 0.1) is 0 Å². The van der Waals surface area contributed by atoms with Crippen LogP contribution in [0.5, 0.6) is 0 Å². The molecule has 0 unspecified atom stereocenters. The minimum absolute atomic E-state index is 0.126. The Hall–Kier alpha value is -0.970. The number of rotatable bonds is 3. The number of piperidine rings is 1. The molecule has 1 heterocycles. The third kappa shape index (κ3) is 3.37. The highest BCUT2D eigenvalue weighted by atomic mass is 35.5. The van der Waals surface area contributed by atoms with Crippen molar-refractivity contribution < 1.29 is 9.53 Å². The molecule has 0 saturated carbocycles. The average Bonchev–Trinajstić information content (AvgIpc) is 2.43. The molecule has 0 bridgehead atoms. The number of nitrogens with two attached hydrogens (primary N) is 1. The second-order valence-corrected chi connectivity index (χ2v) is 5.60. The summed E-state index contributed by atoms with van der Waals surface area (Å²) < 4.78 is 5.57. The zero-order chi connectivity index (χ0) is 14.7. The SMILES string of the molecule is CCOC1CCN(C(=O)c2cc(N)cc(Cl)c2Cl)CC1. The minimum atomic E-state index is -0.126. The fraction of sp³-hybridized carbons (Fsp3) is 0.500. The van der Waals surface area contributed by atoms with Gasteiger partial charge in [0.1, 0.15) is 0 Å². The molecule has 0 atom stereocenters. The molecule has 1 aliphatic heterocycles. The summed E-state index contributed by atoms with van der Waals surface area (Å²) in [5, 5.41) is 0.567. The largest absolute Gasteiger partial charge is 0.399 e. The van der Waals surface area contributed by atoms with Gasteiger partial charge in [-0.15, -0.1) is 0 Å². The van der Waals surface area contributed by atoms with Crippen LogP contribution in [0.1, 0.15) is 30.1 Å². The molecule has 1 aliphatic rings. The van der Waals surface area contributed by atoms with Crippen LogP contribution in [0.15, 0.2) is 12.1 Å². The molecule has 6 heteroatoms. The fourth-order valence-electron chi connectivity index (χ4n) is 2.40. The van der Waals surface area contributed by atoms with Gasteiger partial charge in [0, 0.05) is 25.4 Å². The van der Waals surface area contributed by atoms with E-state index >= 15 is 0 Å². The highest BCUT2D eigenvalue weighted by molar-refractivity contribution is 6.44. The summed E-state index contributed by atoms with van der Waals surface area (Å²) in [4.78, 5) is 14.2. The first-order valence-corrected chi connectivity index (χ1v) is 7.44. The summed E-state index contributed by atoms with van der Waals surface area (Å²) in [5.41, 5.74) is 6.53. The Morgan fingerprint density at radius 1 is 1.40 bits per heavy atom. The fourth-order valence-corrected chi connectivity index (χ4v) is 2.81. The van der Waals surface area contributed by atoms with E-state index < -0.39 is 0 Å². The number of benzene rings is 1. The maximum atomic E-state index is 12.5. The van der Waals surface area contributed by atoms with Crippen LogP contribution in [0.25, 0.3) is 0 Å². The third-order valence-corrected chi connectivity index (χ3v) is 4.21. The highest BCUT2D eigenvalue weighted by Crippen LogP contribution is 2.30. The zero-order valence-electron chi connectivity index (χ0n) is 11.4. The molecule has 0 aromatic heterocycles. The number of anilines is 1. The molecule has 0 radical (unpaired) electrons. The number of carbonyl (C=O) groups is 1. The average molecular weight is 317 g/mol. The number of amides is 1.